The van der Waals surface area contributed by atoms with Crippen LogP contribution in [0.4, 0.5) is 0 Å². The number of hydrogen-bond donors (Lipinski definition) is 1. The lowest BCUT2D eigenvalue weighted by atomic mass is 9.91. The van der Waals surface area contributed by atoms with E-state index in [4.69, 9.17) is 4.74 Å². The molecule has 0 aromatic heterocycles. The van der Waals surface area contributed by atoms with E-state index in [9.17, 15) is 0 Å². The van der Waals surface area contributed by atoms with Crippen LogP contribution in [0.1, 0.15) is 51.9 Å². The second-order valence-corrected chi connectivity index (χ2v) is 6.43. The molecule has 2 aliphatic rings. The second kappa shape index (κ2) is 8.93. The Morgan fingerprint density at radius 1 is 1.05 bits per heavy atom. The molecule has 3 heteroatoms. The van der Waals surface area contributed by atoms with Gasteiger partial charge in [-0.05, 0) is 32.2 Å². The normalized spacial score (nSPS) is 25.7. The first-order valence-corrected chi connectivity index (χ1v) is 8.38. The Hall–Kier alpha value is -0.120. The Morgan fingerprint density at radius 2 is 1.68 bits per heavy atom. The van der Waals surface area contributed by atoms with E-state index in [0.717, 1.165) is 32.2 Å². The first-order chi connectivity index (χ1) is 9.34. The maximum absolute atomic E-state index is 5.40. The Morgan fingerprint density at radius 3 is 2.37 bits per heavy atom. The Kier molecular flexibility index (Phi) is 7.18. The van der Waals surface area contributed by atoms with E-state index in [1.807, 2.05) is 0 Å². The first kappa shape index (κ1) is 15.3. The summed E-state index contributed by atoms with van der Waals surface area (Å²) in [7, 11) is 0. The van der Waals surface area contributed by atoms with Crippen LogP contribution < -0.4 is 5.32 Å². The molecule has 19 heavy (non-hydrogen) atoms. The summed E-state index contributed by atoms with van der Waals surface area (Å²) in [4.78, 5) is 2.53. The molecule has 2 rings (SSSR count). The molecule has 1 atom stereocenters. The summed E-state index contributed by atoms with van der Waals surface area (Å²) in [6.07, 6.45) is 10.2. The van der Waals surface area contributed by atoms with Crippen LogP contribution in [0.3, 0.4) is 0 Å². The lowest BCUT2D eigenvalue weighted by molar-refractivity contribution is 0.0342. The van der Waals surface area contributed by atoms with Crippen molar-refractivity contribution < 1.29 is 4.74 Å². The fourth-order valence-electron chi connectivity index (χ4n) is 3.35. The Labute approximate surface area is 119 Å². The third kappa shape index (κ3) is 6.24. The van der Waals surface area contributed by atoms with Gasteiger partial charge < -0.3 is 10.1 Å². The number of rotatable bonds is 5. The molecule has 1 saturated carbocycles. The fraction of sp³-hybridized carbons (Fsp3) is 1.00. The summed E-state index contributed by atoms with van der Waals surface area (Å²) >= 11 is 0. The topological polar surface area (TPSA) is 24.5 Å². The third-order valence-electron chi connectivity index (χ3n) is 4.62. The summed E-state index contributed by atoms with van der Waals surface area (Å²) in [6.45, 7) is 8.77. The zero-order valence-electron chi connectivity index (χ0n) is 12.7. The number of nitrogens with one attached hydrogen (secondary N) is 1. The van der Waals surface area contributed by atoms with E-state index in [0.29, 0.717) is 6.04 Å². The standard InChI is InChI=1S/C16H32N2O/c1-15(14-18-9-11-19-12-10-18)17-13-16-7-5-3-2-4-6-8-16/h15-17H,2-14H2,1H3. The summed E-state index contributed by atoms with van der Waals surface area (Å²) in [5.74, 6) is 0.924. The fourth-order valence-corrected chi connectivity index (χ4v) is 3.35. The highest BCUT2D eigenvalue weighted by atomic mass is 16.5. The van der Waals surface area contributed by atoms with Crippen molar-refractivity contribution >= 4 is 0 Å². The molecule has 0 aromatic rings. The van der Waals surface area contributed by atoms with Crippen LogP contribution in [0.2, 0.25) is 0 Å². The third-order valence-corrected chi connectivity index (χ3v) is 4.62. The average Bonchev–Trinajstić information content (AvgIpc) is 2.38. The van der Waals surface area contributed by atoms with Crippen molar-refractivity contribution in [3.63, 3.8) is 0 Å². The van der Waals surface area contributed by atoms with Crippen LogP contribution in [-0.2, 0) is 4.74 Å². The van der Waals surface area contributed by atoms with E-state index in [-0.39, 0.29) is 0 Å². The van der Waals surface area contributed by atoms with Gasteiger partial charge in [0.15, 0.2) is 0 Å². The maximum atomic E-state index is 5.40. The summed E-state index contributed by atoms with van der Waals surface area (Å²) < 4.78 is 5.40. The van der Waals surface area contributed by atoms with Gasteiger partial charge in [-0.3, -0.25) is 4.90 Å². The van der Waals surface area contributed by atoms with Crippen molar-refractivity contribution in [2.24, 2.45) is 5.92 Å². The molecule has 1 unspecified atom stereocenters. The molecule has 3 nitrogen and oxygen atoms in total. The first-order valence-electron chi connectivity index (χ1n) is 8.38. The summed E-state index contributed by atoms with van der Waals surface area (Å²) in [5.41, 5.74) is 0. The van der Waals surface area contributed by atoms with Crippen LogP contribution in [0.15, 0.2) is 0 Å². The summed E-state index contributed by atoms with van der Waals surface area (Å²) in [6, 6.07) is 0.614. The van der Waals surface area contributed by atoms with Gasteiger partial charge in [-0.25, -0.2) is 0 Å². The molecule has 2 fully saturated rings. The molecule has 0 bridgehead atoms. The lowest BCUT2D eigenvalue weighted by Crippen LogP contribution is -2.45. The molecule has 1 aliphatic heterocycles. The predicted octanol–water partition coefficient (Wildman–Crippen LogP) is 2.66. The van der Waals surface area contributed by atoms with E-state index >= 15 is 0 Å². The summed E-state index contributed by atoms with van der Waals surface area (Å²) in [5, 5.41) is 3.77. The average molecular weight is 268 g/mol. The second-order valence-electron chi connectivity index (χ2n) is 6.43. The van der Waals surface area contributed by atoms with Gasteiger partial charge in [-0.2, -0.15) is 0 Å². The van der Waals surface area contributed by atoms with Crippen molar-refractivity contribution in [1.82, 2.24) is 10.2 Å². The van der Waals surface area contributed by atoms with Crippen molar-refractivity contribution in [2.45, 2.75) is 57.9 Å². The SMILES string of the molecule is CC(CN1CCOCC1)NCC1CCCCCCC1. The Balaban J connectivity index is 1.59. The highest BCUT2D eigenvalue weighted by molar-refractivity contribution is 4.73. The van der Waals surface area contributed by atoms with Crippen LogP contribution in [0.5, 0.6) is 0 Å². The van der Waals surface area contributed by atoms with Crippen molar-refractivity contribution in [3.05, 3.63) is 0 Å². The minimum absolute atomic E-state index is 0.614. The van der Waals surface area contributed by atoms with Gasteiger partial charge in [0, 0.05) is 25.7 Å². The number of nitrogens with zero attached hydrogens (tertiary/aromatic N) is 1. The lowest BCUT2D eigenvalue weighted by Gasteiger charge is -2.30. The number of ether oxygens (including phenoxy) is 1. The van der Waals surface area contributed by atoms with E-state index in [1.54, 1.807) is 0 Å². The highest BCUT2D eigenvalue weighted by Gasteiger charge is 2.15. The van der Waals surface area contributed by atoms with Gasteiger partial charge in [0.1, 0.15) is 0 Å². The minimum atomic E-state index is 0.614. The molecule has 1 saturated heterocycles. The molecule has 1 aliphatic carbocycles. The van der Waals surface area contributed by atoms with E-state index < -0.39 is 0 Å². The molecular formula is C16H32N2O. The van der Waals surface area contributed by atoms with Gasteiger partial charge in [0.25, 0.3) is 0 Å². The smallest absolute Gasteiger partial charge is 0.0594 e. The van der Waals surface area contributed by atoms with Crippen molar-refractivity contribution in [3.8, 4) is 0 Å². The predicted molar refractivity (Wildman–Crippen MR) is 80.5 cm³/mol. The molecule has 112 valence electrons. The van der Waals surface area contributed by atoms with Crippen molar-refractivity contribution in [2.75, 3.05) is 39.4 Å². The molecular weight excluding hydrogens is 236 g/mol. The van der Waals surface area contributed by atoms with Gasteiger partial charge in [-0.1, -0.05) is 32.1 Å². The maximum Gasteiger partial charge on any atom is 0.0594 e. The molecule has 0 radical (unpaired) electrons. The van der Waals surface area contributed by atoms with Crippen LogP contribution >= 0.6 is 0 Å². The number of morpholine rings is 1. The van der Waals surface area contributed by atoms with Crippen molar-refractivity contribution in [1.29, 1.82) is 0 Å². The monoisotopic (exact) mass is 268 g/mol. The quantitative estimate of drug-likeness (QED) is 0.829. The molecule has 1 heterocycles. The zero-order chi connectivity index (χ0) is 13.3. The van der Waals surface area contributed by atoms with Gasteiger partial charge in [-0.15, -0.1) is 0 Å². The Bertz CT molecular complexity index is 221. The molecule has 1 N–H and O–H groups in total. The van der Waals surface area contributed by atoms with Crippen LogP contribution in [0, 0.1) is 5.92 Å². The molecule has 0 amide bonds. The minimum Gasteiger partial charge on any atom is -0.379 e. The largest absolute Gasteiger partial charge is 0.379 e. The van der Waals surface area contributed by atoms with E-state index in [1.165, 1.54) is 58.0 Å². The highest BCUT2D eigenvalue weighted by Crippen LogP contribution is 2.21. The van der Waals surface area contributed by atoms with E-state index in [2.05, 4.69) is 17.1 Å². The van der Waals surface area contributed by atoms with Gasteiger partial charge in [0.2, 0.25) is 0 Å². The van der Waals surface area contributed by atoms with Crippen LogP contribution in [-0.4, -0.2) is 50.3 Å². The zero-order valence-corrected chi connectivity index (χ0v) is 12.7. The van der Waals surface area contributed by atoms with Gasteiger partial charge in [0.05, 0.1) is 13.2 Å². The molecule has 0 spiro atoms. The van der Waals surface area contributed by atoms with Gasteiger partial charge >= 0.3 is 0 Å². The number of hydrogen-bond acceptors (Lipinski definition) is 3. The van der Waals surface area contributed by atoms with Crippen LogP contribution in [0.25, 0.3) is 0 Å². The molecule has 0 aromatic carbocycles.